The second kappa shape index (κ2) is 8.03. The van der Waals surface area contributed by atoms with E-state index in [4.69, 9.17) is 0 Å². The molecule has 142 valence electrons. The molecule has 1 aromatic rings. The van der Waals surface area contributed by atoms with Gasteiger partial charge >= 0.3 is 0 Å². The number of hydrogen-bond acceptors (Lipinski definition) is 4. The van der Waals surface area contributed by atoms with Crippen LogP contribution in [0.4, 0.5) is 10.1 Å². The quantitative estimate of drug-likeness (QED) is 0.813. The molecule has 0 bridgehead atoms. The fraction of sp³-hybridized carbons (Fsp3) is 0.579. The molecule has 1 aliphatic carbocycles. The summed E-state index contributed by atoms with van der Waals surface area (Å²) in [6.07, 6.45) is 0.639. The van der Waals surface area contributed by atoms with Crippen molar-refractivity contribution in [2.75, 3.05) is 58.3 Å². The lowest BCUT2D eigenvalue weighted by Gasteiger charge is -2.36. The number of para-hydroxylation sites is 1. The van der Waals surface area contributed by atoms with Crippen LogP contribution in [-0.2, 0) is 9.59 Å². The fourth-order valence-corrected chi connectivity index (χ4v) is 3.40. The van der Waals surface area contributed by atoms with Crippen LogP contribution < -0.4 is 10.2 Å². The van der Waals surface area contributed by atoms with Crippen LogP contribution in [0.1, 0.15) is 6.42 Å². The van der Waals surface area contributed by atoms with E-state index in [1.54, 1.807) is 12.1 Å². The average Bonchev–Trinajstić information content (AvgIpc) is 3.42. The monoisotopic (exact) mass is 362 g/mol. The predicted octanol–water partition coefficient (Wildman–Crippen LogP) is 0.788. The number of hydrogen-bond donors (Lipinski definition) is 1. The lowest BCUT2D eigenvalue weighted by Crippen LogP contribution is -2.49. The van der Waals surface area contributed by atoms with Crippen molar-refractivity contribution >= 4 is 17.5 Å². The second-order valence-electron chi connectivity index (χ2n) is 7.31. The molecule has 26 heavy (non-hydrogen) atoms. The van der Waals surface area contributed by atoms with Crippen molar-refractivity contribution in [3.8, 4) is 0 Å². The van der Waals surface area contributed by atoms with E-state index in [1.165, 1.54) is 6.07 Å². The topological polar surface area (TPSA) is 55.9 Å². The van der Waals surface area contributed by atoms with Crippen molar-refractivity contribution < 1.29 is 14.0 Å². The molecule has 6 nitrogen and oxygen atoms in total. The third kappa shape index (κ3) is 4.33. The molecule has 1 aromatic carbocycles. The molecule has 0 aromatic heterocycles. The Labute approximate surface area is 153 Å². The molecule has 1 heterocycles. The van der Waals surface area contributed by atoms with E-state index < -0.39 is 0 Å². The summed E-state index contributed by atoms with van der Waals surface area (Å²) >= 11 is 0. The lowest BCUT2D eigenvalue weighted by molar-refractivity contribution is -0.135. The largest absolute Gasteiger partial charge is 0.366 e. The van der Waals surface area contributed by atoms with E-state index in [0.717, 1.165) is 6.54 Å². The Morgan fingerprint density at radius 3 is 2.50 bits per heavy atom. The van der Waals surface area contributed by atoms with Gasteiger partial charge in [-0.1, -0.05) is 12.1 Å². The summed E-state index contributed by atoms with van der Waals surface area (Å²) < 4.78 is 13.9. The molecule has 1 N–H and O–H groups in total. The maximum Gasteiger partial charge on any atom is 0.226 e. The smallest absolute Gasteiger partial charge is 0.226 e. The standard InChI is InChI=1S/C19H27FN4O2/c1-22(2)8-7-21-18(25)14-13-15(14)19(26)24-11-9-23(10-12-24)17-6-4-3-5-16(17)20/h3-6,14-15H,7-13H2,1-2H3,(H,21,25). The van der Waals surface area contributed by atoms with Crippen LogP contribution in [-0.4, -0.2) is 75.0 Å². The molecule has 1 aliphatic heterocycles. The maximum absolute atomic E-state index is 13.9. The summed E-state index contributed by atoms with van der Waals surface area (Å²) in [5, 5.41) is 2.90. The Hall–Kier alpha value is -2.15. The van der Waals surface area contributed by atoms with E-state index in [-0.39, 0.29) is 29.5 Å². The zero-order chi connectivity index (χ0) is 18.7. The van der Waals surface area contributed by atoms with Crippen molar-refractivity contribution in [1.82, 2.24) is 15.1 Å². The van der Waals surface area contributed by atoms with Crippen molar-refractivity contribution in [3.63, 3.8) is 0 Å². The minimum Gasteiger partial charge on any atom is -0.366 e. The molecule has 1 saturated carbocycles. The van der Waals surface area contributed by atoms with Gasteiger partial charge in [-0.3, -0.25) is 9.59 Å². The van der Waals surface area contributed by atoms with Gasteiger partial charge in [0.05, 0.1) is 17.5 Å². The molecule has 0 radical (unpaired) electrons. The number of carbonyl (C=O) groups is 2. The molecule has 2 unspecified atom stereocenters. The highest BCUT2D eigenvalue weighted by Gasteiger charge is 2.49. The number of carbonyl (C=O) groups excluding carboxylic acids is 2. The summed E-state index contributed by atoms with van der Waals surface area (Å²) in [7, 11) is 3.91. The number of benzene rings is 1. The molecular formula is C19H27FN4O2. The van der Waals surface area contributed by atoms with Crippen molar-refractivity contribution in [3.05, 3.63) is 30.1 Å². The Morgan fingerprint density at radius 2 is 1.85 bits per heavy atom. The Balaban J connectivity index is 1.45. The van der Waals surface area contributed by atoms with Crippen LogP contribution in [0.15, 0.2) is 24.3 Å². The molecule has 2 atom stereocenters. The van der Waals surface area contributed by atoms with Crippen LogP contribution in [0.5, 0.6) is 0 Å². The minimum atomic E-state index is -0.232. The molecule has 0 spiro atoms. The molecule has 2 fully saturated rings. The first-order chi connectivity index (χ1) is 12.5. The first kappa shape index (κ1) is 18.6. The van der Waals surface area contributed by atoms with Crippen LogP contribution in [0.2, 0.25) is 0 Å². The van der Waals surface area contributed by atoms with Gasteiger partial charge in [-0.2, -0.15) is 0 Å². The summed E-state index contributed by atoms with van der Waals surface area (Å²) in [6.45, 7) is 3.75. The number of nitrogens with one attached hydrogen (secondary N) is 1. The van der Waals surface area contributed by atoms with E-state index in [1.807, 2.05) is 34.9 Å². The number of rotatable bonds is 6. The van der Waals surface area contributed by atoms with Crippen molar-refractivity contribution in [2.24, 2.45) is 11.8 Å². The van der Waals surface area contributed by atoms with E-state index in [9.17, 15) is 14.0 Å². The normalized spacial score (nSPS) is 22.5. The average molecular weight is 362 g/mol. The third-order valence-electron chi connectivity index (χ3n) is 5.09. The van der Waals surface area contributed by atoms with Crippen molar-refractivity contribution in [2.45, 2.75) is 6.42 Å². The van der Waals surface area contributed by atoms with Crippen LogP contribution >= 0.6 is 0 Å². The molecule has 7 heteroatoms. The molecular weight excluding hydrogens is 335 g/mol. The Bertz CT molecular complexity index is 659. The summed E-state index contributed by atoms with van der Waals surface area (Å²) in [5.41, 5.74) is 0.587. The number of anilines is 1. The predicted molar refractivity (Wildman–Crippen MR) is 98.4 cm³/mol. The molecule has 2 aliphatic rings. The maximum atomic E-state index is 13.9. The van der Waals surface area contributed by atoms with Crippen LogP contribution in [0.25, 0.3) is 0 Å². The van der Waals surface area contributed by atoms with Gasteiger partial charge in [-0.05, 0) is 32.6 Å². The molecule has 1 saturated heterocycles. The highest BCUT2D eigenvalue weighted by molar-refractivity contribution is 5.92. The Kier molecular flexibility index (Phi) is 5.76. The van der Waals surface area contributed by atoms with E-state index in [0.29, 0.717) is 44.8 Å². The van der Waals surface area contributed by atoms with Gasteiger partial charge in [-0.25, -0.2) is 4.39 Å². The number of piperazine rings is 1. The van der Waals surface area contributed by atoms with Gasteiger partial charge in [0.2, 0.25) is 11.8 Å². The zero-order valence-corrected chi connectivity index (χ0v) is 15.4. The number of nitrogens with zero attached hydrogens (tertiary/aromatic N) is 3. The van der Waals surface area contributed by atoms with E-state index in [2.05, 4.69) is 5.32 Å². The minimum absolute atomic E-state index is 0.0183. The third-order valence-corrected chi connectivity index (χ3v) is 5.09. The molecule has 2 amide bonds. The number of halogens is 1. The van der Waals surface area contributed by atoms with Gasteiger partial charge in [-0.15, -0.1) is 0 Å². The van der Waals surface area contributed by atoms with Gasteiger partial charge < -0.3 is 20.0 Å². The van der Waals surface area contributed by atoms with Gasteiger partial charge in [0.1, 0.15) is 5.82 Å². The number of likely N-dealkylation sites (N-methyl/N-ethyl adjacent to an activating group) is 1. The summed E-state index contributed by atoms with van der Waals surface area (Å²) in [4.78, 5) is 30.5. The van der Waals surface area contributed by atoms with Gasteiger partial charge in [0.25, 0.3) is 0 Å². The van der Waals surface area contributed by atoms with Gasteiger partial charge in [0.15, 0.2) is 0 Å². The highest BCUT2D eigenvalue weighted by Crippen LogP contribution is 2.40. The van der Waals surface area contributed by atoms with Crippen LogP contribution in [0, 0.1) is 17.7 Å². The number of amides is 2. The van der Waals surface area contributed by atoms with Crippen molar-refractivity contribution in [1.29, 1.82) is 0 Å². The molecule has 3 rings (SSSR count). The lowest BCUT2D eigenvalue weighted by atomic mass is 10.2. The SMILES string of the molecule is CN(C)CCNC(=O)C1CC1C(=O)N1CCN(c2ccccc2F)CC1. The highest BCUT2D eigenvalue weighted by atomic mass is 19.1. The first-order valence-corrected chi connectivity index (χ1v) is 9.18. The van der Waals surface area contributed by atoms with Gasteiger partial charge in [0, 0.05) is 39.3 Å². The summed E-state index contributed by atoms with van der Waals surface area (Å²) in [6, 6.07) is 6.72. The zero-order valence-electron chi connectivity index (χ0n) is 15.4. The summed E-state index contributed by atoms with van der Waals surface area (Å²) in [5.74, 6) is -0.561. The Morgan fingerprint density at radius 1 is 1.15 bits per heavy atom. The van der Waals surface area contributed by atoms with Crippen LogP contribution in [0.3, 0.4) is 0 Å². The second-order valence-corrected chi connectivity index (χ2v) is 7.31. The van der Waals surface area contributed by atoms with E-state index >= 15 is 0 Å². The fourth-order valence-electron chi connectivity index (χ4n) is 3.40. The first-order valence-electron chi connectivity index (χ1n) is 9.18.